The molecule has 0 aliphatic heterocycles. The normalized spacial score (nSPS) is 17.2. The van der Waals surface area contributed by atoms with Crippen LogP contribution in [0.1, 0.15) is 66.9 Å². The number of ether oxygens (including phenoxy) is 1. The van der Waals surface area contributed by atoms with Crippen molar-refractivity contribution in [2.45, 2.75) is 87.4 Å². The smallest absolute Gasteiger partial charge is 0.316 e. The van der Waals surface area contributed by atoms with Crippen LogP contribution in [0.2, 0.25) is 0 Å². The Morgan fingerprint density at radius 3 is 2.12 bits per heavy atom. The van der Waals surface area contributed by atoms with Gasteiger partial charge < -0.3 is 4.74 Å². The van der Waals surface area contributed by atoms with Crippen molar-refractivity contribution in [3.05, 3.63) is 29.8 Å². The summed E-state index contributed by atoms with van der Waals surface area (Å²) in [6, 6.07) is 8.68. The summed E-state index contributed by atoms with van der Waals surface area (Å²) < 4.78 is 5.34. The largest absolute Gasteiger partial charge is 0.465 e. The average molecular weight is 383 g/mol. The van der Waals surface area contributed by atoms with Crippen molar-refractivity contribution in [1.82, 2.24) is 0 Å². The Kier molecular flexibility index (Phi) is 6.59. The van der Waals surface area contributed by atoms with Crippen LogP contribution < -0.4 is 0 Å². The zero-order valence-electron chi connectivity index (χ0n) is 16.8. The molecule has 0 heterocycles. The van der Waals surface area contributed by atoms with Gasteiger partial charge in [0.25, 0.3) is 0 Å². The van der Waals surface area contributed by atoms with E-state index in [4.69, 9.17) is 4.74 Å². The van der Waals surface area contributed by atoms with Gasteiger partial charge in [0.15, 0.2) is 0 Å². The van der Waals surface area contributed by atoms with E-state index in [1.54, 1.807) is 0 Å². The van der Waals surface area contributed by atoms with Crippen molar-refractivity contribution < 1.29 is 9.53 Å². The fourth-order valence-electron chi connectivity index (χ4n) is 3.94. The Morgan fingerprint density at radius 2 is 1.68 bits per heavy atom. The van der Waals surface area contributed by atoms with E-state index < -0.39 is 9.06 Å². The molecule has 1 saturated carbocycles. The van der Waals surface area contributed by atoms with Crippen molar-refractivity contribution in [3.8, 4) is 0 Å². The molecule has 0 saturated heterocycles. The second-order valence-electron chi connectivity index (χ2n) is 7.76. The summed E-state index contributed by atoms with van der Waals surface area (Å²) in [5, 5.41) is 1.96. The molecule has 0 spiro atoms. The van der Waals surface area contributed by atoms with Gasteiger partial charge in [-0.3, -0.25) is 4.79 Å². The third kappa shape index (κ3) is 3.90. The van der Waals surface area contributed by atoms with Crippen LogP contribution in [-0.4, -0.2) is 28.3 Å². The minimum atomic E-state index is -0.871. The predicted octanol–water partition coefficient (Wildman–Crippen LogP) is 6.32. The molecule has 1 aliphatic carbocycles. The maximum atomic E-state index is 12.4. The number of carbonyl (C=O) groups is 1. The Labute approximate surface area is 159 Å². The minimum absolute atomic E-state index is 0.0488. The lowest BCUT2D eigenvalue weighted by Gasteiger charge is -2.50. The first-order chi connectivity index (χ1) is 11.7. The molecule has 0 atom stereocenters. The Bertz CT molecular complexity index is 582. The van der Waals surface area contributed by atoms with Gasteiger partial charge in [-0.2, -0.15) is 9.06 Å². The number of carbonyl (C=O) groups excluding carboxylic acids is 1. The molecule has 1 aliphatic rings. The van der Waals surface area contributed by atoms with E-state index in [0.717, 1.165) is 18.4 Å². The standard InChI is InChI=1S/C21H34O2S2/c1-8-23-20(22)21(12-13-21)18-10-9-11-19(14-18)24-25(15(2)3,16(4)5)17(6)7/h9-11,14-17H,8,12-13H2,1-7H3. The molecule has 1 aromatic carbocycles. The van der Waals surface area contributed by atoms with Gasteiger partial charge in [-0.15, -0.1) is 0 Å². The first kappa shape index (κ1) is 20.7. The Hall–Kier alpha value is -0.610. The summed E-state index contributed by atoms with van der Waals surface area (Å²) >= 11 is 0. The van der Waals surface area contributed by atoms with E-state index in [0.29, 0.717) is 22.4 Å². The summed E-state index contributed by atoms with van der Waals surface area (Å²) in [5.41, 5.74) is 0.762. The lowest BCUT2D eigenvalue weighted by atomic mass is 9.96. The van der Waals surface area contributed by atoms with Gasteiger partial charge in [0.1, 0.15) is 0 Å². The number of rotatable bonds is 8. The quantitative estimate of drug-likeness (QED) is 0.389. The van der Waals surface area contributed by atoms with Crippen molar-refractivity contribution >= 4 is 25.8 Å². The summed E-state index contributed by atoms with van der Waals surface area (Å²) in [7, 11) is 1.20. The number of benzene rings is 1. The van der Waals surface area contributed by atoms with Gasteiger partial charge in [-0.25, -0.2) is 0 Å². The van der Waals surface area contributed by atoms with E-state index in [9.17, 15) is 4.79 Å². The third-order valence-corrected chi connectivity index (χ3v) is 15.3. The van der Waals surface area contributed by atoms with E-state index in [1.807, 2.05) is 6.92 Å². The molecular weight excluding hydrogens is 348 g/mol. The molecule has 1 aromatic rings. The minimum Gasteiger partial charge on any atom is -0.465 e. The SMILES string of the molecule is CCOC(=O)C1(c2cccc(SS(C(C)C)(C(C)C)C(C)C)c2)CC1. The molecule has 2 rings (SSSR count). The van der Waals surface area contributed by atoms with Crippen molar-refractivity contribution in [2.75, 3.05) is 6.61 Å². The van der Waals surface area contributed by atoms with Crippen LogP contribution in [0.25, 0.3) is 0 Å². The van der Waals surface area contributed by atoms with E-state index >= 15 is 0 Å². The molecule has 0 radical (unpaired) electrons. The van der Waals surface area contributed by atoms with Crippen LogP contribution in [0.4, 0.5) is 0 Å². The average Bonchev–Trinajstić information content (AvgIpc) is 3.34. The molecule has 1 fully saturated rings. The van der Waals surface area contributed by atoms with Gasteiger partial charge in [0, 0.05) is 4.90 Å². The fraction of sp³-hybridized carbons (Fsp3) is 0.667. The molecule has 142 valence electrons. The topological polar surface area (TPSA) is 26.3 Å². The van der Waals surface area contributed by atoms with Crippen molar-refractivity contribution in [1.29, 1.82) is 0 Å². The highest BCUT2D eigenvalue weighted by atomic mass is 33.2. The van der Waals surface area contributed by atoms with Crippen LogP contribution in [0, 0.1) is 0 Å². The highest BCUT2D eigenvalue weighted by molar-refractivity contribution is 8.94. The molecule has 0 unspecified atom stereocenters. The van der Waals surface area contributed by atoms with Crippen molar-refractivity contribution in [2.24, 2.45) is 0 Å². The van der Waals surface area contributed by atoms with Crippen LogP contribution in [0.3, 0.4) is 0 Å². The molecule has 0 bridgehead atoms. The first-order valence-electron chi connectivity index (χ1n) is 9.47. The second kappa shape index (κ2) is 7.96. The third-order valence-electron chi connectivity index (χ3n) is 5.25. The zero-order valence-corrected chi connectivity index (χ0v) is 18.4. The number of hydrogen-bond donors (Lipinski definition) is 0. The summed E-state index contributed by atoms with van der Waals surface area (Å²) in [6.07, 6.45) is 1.83. The maximum Gasteiger partial charge on any atom is 0.316 e. The Balaban J connectivity index is 2.34. The van der Waals surface area contributed by atoms with Gasteiger partial charge in [-0.1, -0.05) is 64.5 Å². The van der Waals surface area contributed by atoms with Crippen molar-refractivity contribution in [3.63, 3.8) is 0 Å². The van der Waals surface area contributed by atoms with Crippen LogP contribution in [-0.2, 0) is 14.9 Å². The molecule has 25 heavy (non-hydrogen) atoms. The van der Waals surface area contributed by atoms with Crippen LogP contribution in [0.15, 0.2) is 29.2 Å². The first-order valence-corrected chi connectivity index (χ1v) is 12.6. The second-order valence-corrected chi connectivity index (χ2v) is 14.8. The predicted molar refractivity (Wildman–Crippen MR) is 113 cm³/mol. The van der Waals surface area contributed by atoms with Gasteiger partial charge in [0.05, 0.1) is 12.0 Å². The fourth-order valence-corrected chi connectivity index (χ4v) is 11.5. The van der Waals surface area contributed by atoms with Crippen LogP contribution >= 0.6 is 19.9 Å². The maximum absolute atomic E-state index is 12.4. The van der Waals surface area contributed by atoms with Crippen LogP contribution in [0.5, 0.6) is 0 Å². The number of esters is 1. The highest BCUT2D eigenvalue weighted by Gasteiger charge is 2.52. The highest BCUT2D eigenvalue weighted by Crippen LogP contribution is 2.72. The lowest BCUT2D eigenvalue weighted by molar-refractivity contribution is -0.146. The summed E-state index contributed by atoms with van der Waals surface area (Å²) in [5.74, 6) is -0.0488. The summed E-state index contributed by atoms with van der Waals surface area (Å²) in [4.78, 5) is 13.7. The van der Waals surface area contributed by atoms with E-state index in [1.165, 1.54) is 4.90 Å². The molecule has 4 heteroatoms. The molecule has 0 amide bonds. The lowest BCUT2D eigenvalue weighted by Crippen LogP contribution is -2.26. The molecule has 0 N–H and O–H groups in total. The van der Waals surface area contributed by atoms with Gasteiger partial charge >= 0.3 is 5.97 Å². The monoisotopic (exact) mass is 382 g/mol. The molecule has 2 nitrogen and oxygen atoms in total. The zero-order chi connectivity index (χ0) is 18.8. The summed E-state index contributed by atoms with van der Waals surface area (Å²) in [6.45, 7) is 16.5. The van der Waals surface area contributed by atoms with Gasteiger partial charge in [0.2, 0.25) is 0 Å². The van der Waals surface area contributed by atoms with E-state index in [-0.39, 0.29) is 11.4 Å². The Morgan fingerprint density at radius 1 is 1.12 bits per heavy atom. The van der Waals surface area contributed by atoms with E-state index in [2.05, 4.69) is 76.6 Å². The molecular formula is C21H34O2S2. The number of hydrogen-bond acceptors (Lipinski definition) is 3. The van der Waals surface area contributed by atoms with Gasteiger partial charge in [-0.05, 0) is 53.2 Å². The molecule has 0 aromatic heterocycles.